The minimum absolute atomic E-state index is 0.0600. The fraction of sp³-hybridized carbons (Fsp3) is 0.167. The number of esters is 1. The number of imide groups is 1. The molecule has 0 saturated carbocycles. The summed E-state index contributed by atoms with van der Waals surface area (Å²) in [6, 6.07) is 11.3. The molecule has 6 nitrogen and oxygen atoms in total. The molecule has 0 unspecified atom stereocenters. The van der Waals surface area contributed by atoms with Gasteiger partial charge in [0.2, 0.25) is 0 Å². The Morgan fingerprint density at radius 3 is 2.12 bits per heavy atom. The molecule has 136 valence electrons. The first-order chi connectivity index (χ1) is 12.3. The molecule has 0 bridgehead atoms. The van der Waals surface area contributed by atoms with E-state index in [9.17, 15) is 23.2 Å². The summed E-state index contributed by atoms with van der Waals surface area (Å²) in [5.41, 5.74) is 1.31. The highest BCUT2D eigenvalue weighted by atomic mass is 19.3. The van der Waals surface area contributed by atoms with Crippen LogP contribution in [0.5, 0.6) is 5.75 Å². The van der Waals surface area contributed by atoms with Crippen LogP contribution in [-0.4, -0.2) is 31.0 Å². The number of carbonyl (C=O) groups excluding carboxylic acids is 3. The number of aryl methyl sites for hydroxylation is 1. The molecule has 0 saturated heterocycles. The number of hydrogen-bond donors (Lipinski definition) is 1. The Bertz CT molecular complexity index is 788. The maximum absolute atomic E-state index is 12.1. The van der Waals surface area contributed by atoms with Crippen LogP contribution in [0.15, 0.2) is 48.5 Å². The third-order valence-corrected chi connectivity index (χ3v) is 3.22. The molecule has 0 aliphatic heterocycles. The summed E-state index contributed by atoms with van der Waals surface area (Å²) < 4.78 is 33.1. The van der Waals surface area contributed by atoms with Crippen LogP contribution in [0.1, 0.15) is 26.3 Å². The van der Waals surface area contributed by atoms with Crippen LogP contribution in [-0.2, 0) is 9.53 Å². The smallest absolute Gasteiger partial charge is 0.387 e. The van der Waals surface area contributed by atoms with Crippen LogP contribution >= 0.6 is 0 Å². The lowest BCUT2D eigenvalue weighted by Crippen LogP contribution is -2.34. The molecular weight excluding hydrogens is 348 g/mol. The second-order valence-corrected chi connectivity index (χ2v) is 5.22. The quantitative estimate of drug-likeness (QED) is 0.798. The van der Waals surface area contributed by atoms with E-state index in [0.29, 0.717) is 0 Å². The van der Waals surface area contributed by atoms with Gasteiger partial charge in [-0.2, -0.15) is 8.78 Å². The molecule has 0 aliphatic carbocycles. The number of benzene rings is 2. The SMILES string of the molecule is Cc1ccc(C(=O)OCC(=O)NC(=O)c2ccc(OC(F)F)cc2)cc1. The molecule has 26 heavy (non-hydrogen) atoms. The zero-order chi connectivity index (χ0) is 19.1. The number of amides is 2. The van der Waals surface area contributed by atoms with E-state index in [1.165, 1.54) is 24.3 Å². The summed E-state index contributed by atoms with van der Waals surface area (Å²) in [4.78, 5) is 35.4. The Labute approximate surface area is 147 Å². The summed E-state index contributed by atoms with van der Waals surface area (Å²) in [5.74, 6) is -2.38. The minimum Gasteiger partial charge on any atom is -0.452 e. The third-order valence-electron chi connectivity index (χ3n) is 3.22. The molecule has 1 N–H and O–H groups in total. The first kappa shape index (κ1) is 19.0. The summed E-state index contributed by atoms with van der Waals surface area (Å²) in [6.07, 6.45) is 0. The second kappa shape index (κ2) is 8.70. The van der Waals surface area contributed by atoms with Crippen molar-refractivity contribution in [1.29, 1.82) is 0 Å². The number of rotatable bonds is 6. The van der Waals surface area contributed by atoms with E-state index in [0.717, 1.165) is 5.56 Å². The molecule has 0 aliphatic rings. The fourth-order valence-corrected chi connectivity index (χ4v) is 1.93. The maximum atomic E-state index is 12.1. The van der Waals surface area contributed by atoms with E-state index in [-0.39, 0.29) is 16.9 Å². The van der Waals surface area contributed by atoms with Gasteiger partial charge < -0.3 is 9.47 Å². The van der Waals surface area contributed by atoms with E-state index in [4.69, 9.17) is 4.74 Å². The molecule has 0 aromatic heterocycles. The van der Waals surface area contributed by atoms with Gasteiger partial charge in [0, 0.05) is 5.56 Å². The number of nitrogens with one attached hydrogen (secondary N) is 1. The molecule has 2 aromatic carbocycles. The molecule has 0 spiro atoms. The Kier molecular flexibility index (Phi) is 6.37. The van der Waals surface area contributed by atoms with E-state index < -0.39 is 31.0 Å². The lowest BCUT2D eigenvalue weighted by Gasteiger charge is -2.07. The Hall–Kier alpha value is -3.29. The fourth-order valence-electron chi connectivity index (χ4n) is 1.93. The molecule has 0 radical (unpaired) electrons. The lowest BCUT2D eigenvalue weighted by molar-refractivity contribution is -0.123. The average molecular weight is 363 g/mol. The van der Waals surface area contributed by atoms with Gasteiger partial charge in [-0.1, -0.05) is 17.7 Å². The Morgan fingerprint density at radius 1 is 0.962 bits per heavy atom. The van der Waals surface area contributed by atoms with Crippen LogP contribution in [0.2, 0.25) is 0 Å². The van der Waals surface area contributed by atoms with Crippen molar-refractivity contribution < 1.29 is 32.6 Å². The van der Waals surface area contributed by atoms with Crippen LogP contribution in [0, 0.1) is 6.92 Å². The molecular formula is C18H15F2NO5. The van der Waals surface area contributed by atoms with Crippen molar-refractivity contribution in [2.75, 3.05) is 6.61 Å². The van der Waals surface area contributed by atoms with Crippen LogP contribution in [0.4, 0.5) is 8.78 Å². The molecule has 8 heteroatoms. The Balaban J connectivity index is 1.84. The van der Waals surface area contributed by atoms with Crippen LogP contribution < -0.4 is 10.1 Å². The van der Waals surface area contributed by atoms with Gasteiger partial charge in [0.05, 0.1) is 5.56 Å². The van der Waals surface area contributed by atoms with Crippen molar-refractivity contribution in [1.82, 2.24) is 5.32 Å². The zero-order valence-corrected chi connectivity index (χ0v) is 13.7. The summed E-state index contributed by atoms with van der Waals surface area (Å²) in [7, 11) is 0. The third kappa shape index (κ3) is 5.66. The van der Waals surface area contributed by atoms with Crippen molar-refractivity contribution in [3.63, 3.8) is 0 Å². The predicted molar refractivity (Wildman–Crippen MR) is 87.0 cm³/mol. The van der Waals surface area contributed by atoms with E-state index in [1.807, 2.05) is 12.2 Å². The Morgan fingerprint density at radius 2 is 1.54 bits per heavy atom. The zero-order valence-electron chi connectivity index (χ0n) is 13.7. The number of ether oxygens (including phenoxy) is 2. The molecule has 2 rings (SSSR count). The highest BCUT2D eigenvalue weighted by molar-refractivity contribution is 6.05. The molecule has 0 fully saturated rings. The van der Waals surface area contributed by atoms with Crippen molar-refractivity contribution in [3.8, 4) is 5.75 Å². The summed E-state index contributed by atoms with van der Waals surface area (Å²) in [5, 5.41) is 2.03. The van der Waals surface area contributed by atoms with Gasteiger partial charge in [-0.05, 0) is 43.3 Å². The monoisotopic (exact) mass is 363 g/mol. The van der Waals surface area contributed by atoms with Gasteiger partial charge in [0.25, 0.3) is 11.8 Å². The number of halogens is 2. The number of carbonyl (C=O) groups is 3. The normalized spacial score (nSPS) is 10.3. The van der Waals surface area contributed by atoms with Crippen LogP contribution in [0.3, 0.4) is 0 Å². The summed E-state index contributed by atoms with van der Waals surface area (Å²) in [6.45, 7) is -1.75. The number of alkyl halides is 2. The van der Waals surface area contributed by atoms with Crippen molar-refractivity contribution in [3.05, 3.63) is 65.2 Å². The average Bonchev–Trinajstić information content (AvgIpc) is 2.60. The predicted octanol–water partition coefficient (Wildman–Crippen LogP) is 2.71. The van der Waals surface area contributed by atoms with Gasteiger partial charge in [0.1, 0.15) is 5.75 Å². The van der Waals surface area contributed by atoms with Crippen molar-refractivity contribution in [2.45, 2.75) is 13.5 Å². The largest absolute Gasteiger partial charge is 0.452 e. The molecule has 2 aromatic rings. The van der Waals surface area contributed by atoms with Gasteiger partial charge >= 0.3 is 12.6 Å². The van der Waals surface area contributed by atoms with Crippen molar-refractivity contribution in [2.24, 2.45) is 0 Å². The topological polar surface area (TPSA) is 81.7 Å². The van der Waals surface area contributed by atoms with Gasteiger partial charge in [-0.15, -0.1) is 0 Å². The molecule has 0 atom stereocenters. The van der Waals surface area contributed by atoms with E-state index >= 15 is 0 Å². The maximum Gasteiger partial charge on any atom is 0.387 e. The lowest BCUT2D eigenvalue weighted by atomic mass is 10.1. The molecule has 2 amide bonds. The van der Waals surface area contributed by atoms with Gasteiger partial charge in [-0.3, -0.25) is 14.9 Å². The highest BCUT2D eigenvalue weighted by Crippen LogP contribution is 2.14. The number of hydrogen-bond acceptors (Lipinski definition) is 5. The standard InChI is InChI=1S/C18H15F2NO5/c1-11-2-4-13(5-3-11)17(24)25-10-15(22)21-16(23)12-6-8-14(9-7-12)26-18(19)20/h2-9,18H,10H2,1H3,(H,21,22,23). The van der Waals surface area contributed by atoms with E-state index in [1.54, 1.807) is 24.3 Å². The van der Waals surface area contributed by atoms with E-state index in [2.05, 4.69) is 4.74 Å². The minimum atomic E-state index is -2.97. The van der Waals surface area contributed by atoms with Crippen molar-refractivity contribution >= 4 is 17.8 Å². The van der Waals surface area contributed by atoms with Gasteiger partial charge in [-0.25, -0.2) is 4.79 Å². The van der Waals surface area contributed by atoms with Crippen LogP contribution in [0.25, 0.3) is 0 Å². The van der Waals surface area contributed by atoms with Gasteiger partial charge in [0.15, 0.2) is 6.61 Å². The first-order valence-electron chi connectivity index (χ1n) is 7.48. The second-order valence-electron chi connectivity index (χ2n) is 5.22. The first-order valence-corrected chi connectivity index (χ1v) is 7.48. The summed E-state index contributed by atoms with van der Waals surface area (Å²) >= 11 is 0. The molecule has 0 heterocycles. The highest BCUT2D eigenvalue weighted by Gasteiger charge is 2.14.